The second kappa shape index (κ2) is 4.45. The van der Waals surface area contributed by atoms with Crippen LogP contribution >= 0.6 is 0 Å². The van der Waals surface area contributed by atoms with E-state index in [-0.39, 0.29) is 6.61 Å². The minimum absolute atomic E-state index is 0.0263. The van der Waals surface area contributed by atoms with Gasteiger partial charge >= 0.3 is 0 Å². The molecule has 0 aliphatic heterocycles. The van der Waals surface area contributed by atoms with Crippen LogP contribution in [0.4, 0.5) is 0 Å². The van der Waals surface area contributed by atoms with E-state index >= 15 is 0 Å². The zero-order valence-corrected chi connectivity index (χ0v) is 11.0. The minimum Gasteiger partial charge on any atom is -0.392 e. The Hall–Kier alpha value is -2.14. The molecular formula is C15H15N3O2. The maximum Gasteiger partial charge on any atom is 0.246 e. The molecule has 1 fully saturated rings. The molecule has 20 heavy (non-hydrogen) atoms. The fourth-order valence-corrected chi connectivity index (χ4v) is 2.59. The highest BCUT2D eigenvalue weighted by Gasteiger charge is 2.28. The van der Waals surface area contributed by atoms with Gasteiger partial charge in [-0.05, 0) is 24.3 Å². The summed E-state index contributed by atoms with van der Waals surface area (Å²) in [4.78, 5) is 4.45. The van der Waals surface area contributed by atoms with Gasteiger partial charge in [0.2, 0.25) is 5.89 Å². The van der Waals surface area contributed by atoms with Crippen molar-refractivity contribution in [2.75, 3.05) is 0 Å². The van der Waals surface area contributed by atoms with E-state index in [4.69, 9.17) is 4.52 Å². The minimum atomic E-state index is 0.0263. The van der Waals surface area contributed by atoms with Crippen LogP contribution in [0.3, 0.4) is 0 Å². The third-order valence-electron chi connectivity index (χ3n) is 3.77. The number of fused-ring (bicyclic) bond motifs is 1. The molecule has 0 radical (unpaired) electrons. The molecule has 102 valence electrons. The zero-order valence-electron chi connectivity index (χ0n) is 11.0. The van der Waals surface area contributed by atoms with Crippen LogP contribution in [-0.2, 0) is 13.2 Å². The van der Waals surface area contributed by atoms with Gasteiger partial charge in [0.15, 0.2) is 5.82 Å². The molecule has 0 atom stereocenters. The molecule has 1 aliphatic rings. The summed E-state index contributed by atoms with van der Waals surface area (Å²) in [5.41, 5.74) is 1.94. The van der Waals surface area contributed by atoms with Crippen molar-refractivity contribution >= 4 is 10.9 Å². The summed E-state index contributed by atoms with van der Waals surface area (Å²) in [5.74, 6) is 1.96. The van der Waals surface area contributed by atoms with Crippen LogP contribution in [0.5, 0.6) is 0 Å². The second-order valence-corrected chi connectivity index (χ2v) is 5.28. The number of benzene rings is 1. The predicted molar refractivity (Wildman–Crippen MR) is 73.2 cm³/mol. The molecule has 5 heteroatoms. The maximum absolute atomic E-state index is 9.46. The number of aliphatic hydroxyl groups excluding tert-OH is 1. The van der Waals surface area contributed by atoms with Crippen LogP contribution < -0.4 is 0 Å². The summed E-state index contributed by atoms with van der Waals surface area (Å²) >= 11 is 0. The number of rotatable bonds is 4. The van der Waals surface area contributed by atoms with Gasteiger partial charge < -0.3 is 14.2 Å². The summed E-state index contributed by atoms with van der Waals surface area (Å²) in [6, 6.07) is 7.96. The van der Waals surface area contributed by atoms with Crippen LogP contribution in [0.2, 0.25) is 0 Å². The van der Waals surface area contributed by atoms with E-state index in [1.165, 1.54) is 12.8 Å². The molecule has 1 aromatic carbocycles. The van der Waals surface area contributed by atoms with Crippen molar-refractivity contribution in [1.29, 1.82) is 0 Å². The molecule has 1 N–H and O–H groups in total. The lowest BCUT2D eigenvalue weighted by atomic mass is 10.1. The quantitative estimate of drug-likeness (QED) is 0.790. The van der Waals surface area contributed by atoms with E-state index in [1.807, 2.05) is 35.0 Å². The van der Waals surface area contributed by atoms with Crippen molar-refractivity contribution in [1.82, 2.24) is 14.7 Å². The first-order valence-electron chi connectivity index (χ1n) is 6.85. The molecule has 0 unspecified atom stereocenters. The molecule has 1 aliphatic carbocycles. The molecule has 0 spiro atoms. The molecule has 5 nitrogen and oxygen atoms in total. The van der Waals surface area contributed by atoms with E-state index in [2.05, 4.69) is 10.1 Å². The van der Waals surface area contributed by atoms with Crippen molar-refractivity contribution in [2.24, 2.45) is 0 Å². The lowest BCUT2D eigenvalue weighted by molar-refractivity contribution is 0.282. The van der Waals surface area contributed by atoms with Crippen molar-refractivity contribution < 1.29 is 9.63 Å². The van der Waals surface area contributed by atoms with E-state index in [0.29, 0.717) is 18.4 Å². The highest BCUT2D eigenvalue weighted by molar-refractivity contribution is 5.83. The Bertz CT molecular complexity index is 755. The van der Waals surface area contributed by atoms with Gasteiger partial charge in [-0.1, -0.05) is 23.4 Å². The molecule has 0 bridgehead atoms. The second-order valence-electron chi connectivity index (χ2n) is 5.28. The standard InChI is InChI=1S/C15H15N3O2/c19-9-12-3-1-2-10-6-7-18(14(10)12)8-13-16-15(17-20-13)11-4-5-11/h1-3,6-7,11,19H,4-5,8-9H2. The number of nitrogens with zero attached hydrogens (tertiary/aromatic N) is 3. The summed E-state index contributed by atoms with van der Waals surface area (Å²) < 4.78 is 7.36. The topological polar surface area (TPSA) is 64.1 Å². The van der Waals surface area contributed by atoms with Gasteiger partial charge in [0.1, 0.15) is 6.54 Å². The predicted octanol–water partition coefficient (Wildman–Crippen LogP) is 2.44. The number of hydrogen-bond donors (Lipinski definition) is 1. The highest BCUT2D eigenvalue weighted by atomic mass is 16.5. The lowest BCUT2D eigenvalue weighted by Crippen LogP contribution is -2.00. The molecule has 0 amide bonds. The van der Waals surface area contributed by atoms with E-state index < -0.39 is 0 Å². The van der Waals surface area contributed by atoms with Gasteiger partial charge in [0.25, 0.3) is 0 Å². The Labute approximate surface area is 115 Å². The first kappa shape index (κ1) is 11.7. The lowest BCUT2D eigenvalue weighted by Gasteiger charge is -2.05. The fraction of sp³-hybridized carbons (Fsp3) is 0.333. The smallest absolute Gasteiger partial charge is 0.246 e. The molecule has 3 aromatic rings. The Morgan fingerprint density at radius 1 is 1.30 bits per heavy atom. The zero-order chi connectivity index (χ0) is 13.5. The van der Waals surface area contributed by atoms with Gasteiger partial charge in [-0.25, -0.2) is 0 Å². The van der Waals surface area contributed by atoms with Crippen molar-refractivity contribution in [3.8, 4) is 0 Å². The van der Waals surface area contributed by atoms with Crippen LogP contribution in [0.25, 0.3) is 10.9 Å². The van der Waals surface area contributed by atoms with Gasteiger partial charge in [-0.3, -0.25) is 0 Å². The first-order valence-corrected chi connectivity index (χ1v) is 6.85. The SMILES string of the molecule is OCc1cccc2ccn(Cc3nc(C4CC4)no3)c12. The molecule has 2 heterocycles. The fourth-order valence-electron chi connectivity index (χ4n) is 2.59. The summed E-state index contributed by atoms with van der Waals surface area (Å²) in [5, 5.41) is 14.6. The number of aliphatic hydroxyl groups is 1. The number of para-hydroxylation sites is 1. The van der Waals surface area contributed by atoms with E-state index in [0.717, 1.165) is 22.3 Å². The van der Waals surface area contributed by atoms with Crippen molar-refractivity contribution in [3.05, 3.63) is 47.7 Å². The molecule has 1 saturated carbocycles. The Balaban J connectivity index is 1.70. The van der Waals surface area contributed by atoms with E-state index in [9.17, 15) is 5.11 Å². The molecule has 0 saturated heterocycles. The Morgan fingerprint density at radius 2 is 2.20 bits per heavy atom. The highest BCUT2D eigenvalue weighted by Crippen LogP contribution is 2.38. The Morgan fingerprint density at radius 3 is 3.00 bits per heavy atom. The Kier molecular flexibility index (Phi) is 2.60. The van der Waals surface area contributed by atoms with Crippen LogP contribution in [-0.4, -0.2) is 19.8 Å². The third-order valence-corrected chi connectivity index (χ3v) is 3.77. The average Bonchev–Trinajstić information content (AvgIpc) is 3.09. The number of aromatic nitrogens is 3. The first-order chi connectivity index (χ1) is 9.85. The number of hydrogen-bond acceptors (Lipinski definition) is 4. The third kappa shape index (κ3) is 1.91. The maximum atomic E-state index is 9.46. The molecule has 2 aromatic heterocycles. The average molecular weight is 269 g/mol. The largest absolute Gasteiger partial charge is 0.392 e. The van der Waals surface area contributed by atoms with Gasteiger partial charge in [-0.15, -0.1) is 0 Å². The van der Waals surface area contributed by atoms with Crippen molar-refractivity contribution in [2.45, 2.75) is 31.9 Å². The molecule has 4 rings (SSSR count). The van der Waals surface area contributed by atoms with Crippen molar-refractivity contribution in [3.63, 3.8) is 0 Å². The van der Waals surface area contributed by atoms with Crippen LogP contribution in [0.1, 0.15) is 36.0 Å². The normalized spacial score (nSPS) is 15.1. The van der Waals surface area contributed by atoms with Gasteiger partial charge in [0.05, 0.1) is 12.1 Å². The summed E-state index contributed by atoms with van der Waals surface area (Å²) in [6.45, 7) is 0.568. The summed E-state index contributed by atoms with van der Waals surface area (Å²) in [6.07, 6.45) is 4.32. The van der Waals surface area contributed by atoms with Crippen LogP contribution in [0.15, 0.2) is 35.0 Å². The van der Waals surface area contributed by atoms with Gasteiger partial charge in [0, 0.05) is 17.7 Å². The monoisotopic (exact) mass is 269 g/mol. The van der Waals surface area contributed by atoms with E-state index in [1.54, 1.807) is 0 Å². The van der Waals surface area contributed by atoms with Crippen LogP contribution in [0, 0.1) is 0 Å². The summed E-state index contributed by atoms with van der Waals surface area (Å²) in [7, 11) is 0. The molecular weight excluding hydrogens is 254 g/mol. The van der Waals surface area contributed by atoms with Gasteiger partial charge in [-0.2, -0.15) is 4.98 Å².